The lowest BCUT2D eigenvalue weighted by Crippen LogP contribution is -2.33. The van der Waals surface area contributed by atoms with E-state index in [2.05, 4.69) is 27.1 Å². The van der Waals surface area contributed by atoms with Crippen LogP contribution >= 0.6 is 11.6 Å². The molecule has 3 rings (SSSR count). The molecule has 1 aliphatic rings. The van der Waals surface area contributed by atoms with Crippen LogP contribution in [-0.2, 0) is 4.79 Å². The summed E-state index contributed by atoms with van der Waals surface area (Å²) < 4.78 is 5.59. The molecule has 0 unspecified atom stereocenters. The molecule has 2 aromatic rings. The highest BCUT2D eigenvalue weighted by atomic mass is 35.5. The van der Waals surface area contributed by atoms with Crippen molar-refractivity contribution in [1.82, 2.24) is 9.97 Å². The Balaban J connectivity index is 1.57. The molecule has 7 heteroatoms. The van der Waals surface area contributed by atoms with Crippen LogP contribution in [0.4, 0.5) is 11.6 Å². The second kappa shape index (κ2) is 8.57. The molecule has 2 heterocycles. The molecular formula is C20H25ClN4O2. The van der Waals surface area contributed by atoms with Gasteiger partial charge in [-0.25, -0.2) is 9.97 Å². The summed E-state index contributed by atoms with van der Waals surface area (Å²) in [6, 6.07) is 5.45. The van der Waals surface area contributed by atoms with E-state index in [0.29, 0.717) is 16.6 Å². The molecule has 1 saturated heterocycles. The maximum absolute atomic E-state index is 12.2. The van der Waals surface area contributed by atoms with Crippen LogP contribution in [0.25, 0.3) is 0 Å². The summed E-state index contributed by atoms with van der Waals surface area (Å²) in [6.45, 7) is 7.94. The molecule has 1 aromatic carbocycles. The lowest BCUT2D eigenvalue weighted by molar-refractivity contribution is -0.118. The Morgan fingerprint density at radius 2 is 1.89 bits per heavy atom. The number of ether oxygens (including phenoxy) is 1. The second-order valence-electron chi connectivity index (χ2n) is 7.14. The number of rotatable bonds is 5. The van der Waals surface area contributed by atoms with Crippen LogP contribution in [0, 0.1) is 19.8 Å². The van der Waals surface area contributed by atoms with Gasteiger partial charge in [-0.05, 0) is 55.9 Å². The average Bonchev–Trinajstić information content (AvgIpc) is 2.65. The Morgan fingerprint density at radius 1 is 1.22 bits per heavy atom. The number of carbonyl (C=O) groups is 1. The molecular weight excluding hydrogens is 364 g/mol. The normalized spacial score (nSPS) is 14.9. The van der Waals surface area contributed by atoms with E-state index >= 15 is 0 Å². The number of hydrogen-bond donors (Lipinski definition) is 1. The number of hydrogen-bond acceptors (Lipinski definition) is 5. The van der Waals surface area contributed by atoms with Gasteiger partial charge in [-0.1, -0.05) is 18.5 Å². The minimum Gasteiger partial charge on any atom is -0.484 e. The van der Waals surface area contributed by atoms with Crippen LogP contribution in [0.2, 0.25) is 5.02 Å². The van der Waals surface area contributed by atoms with Crippen molar-refractivity contribution in [2.75, 3.05) is 29.9 Å². The van der Waals surface area contributed by atoms with Crippen molar-refractivity contribution in [3.63, 3.8) is 0 Å². The summed E-state index contributed by atoms with van der Waals surface area (Å²) in [5.41, 5.74) is 1.84. The Bertz CT molecular complexity index is 796. The van der Waals surface area contributed by atoms with Crippen molar-refractivity contribution < 1.29 is 9.53 Å². The molecule has 1 amide bonds. The number of aryl methyl sites for hydroxylation is 2. The van der Waals surface area contributed by atoms with Crippen LogP contribution in [-0.4, -0.2) is 35.6 Å². The summed E-state index contributed by atoms with van der Waals surface area (Å²) in [7, 11) is 0. The van der Waals surface area contributed by atoms with Crippen LogP contribution in [0.3, 0.4) is 0 Å². The predicted molar refractivity (Wildman–Crippen MR) is 108 cm³/mol. The SMILES string of the molecule is Cc1cc(OCC(=O)Nc2cc(N3CCC(C)CC3)ncn2)cc(C)c1Cl. The second-order valence-corrected chi connectivity index (χ2v) is 7.52. The van der Waals surface area contributed by atoms with Gasteiger partial charge in [-0.15, -0.1) is 0 Å². The van der Waals surface area contributed by atoms with Gasteiger partial charge in [0.25, 0.3) is 5.91 Å². The van der Waals surface area contributed by atoms with Crippen molar-refractivity contribution in [2.45, 2.75) is 33.6 Å². The summed E-state index contributed by atoms with van der Waals surface area (Å²) in [6.07, 6.45) is 3.79. The van der Waals surface area contributed by atoms with E-state index in [0.717, 1.165) is 48.8 Å². The smallest absolute Gasteiger partial charge is 0.263 e. The third-order valence-electron chi connectivity index (χ3n) is 4.81. The number of carbonyl (C=O) groups excluding carboxylic acids is 1. The van der Waals surface area contributed by atoms with Crippen LogP contribution in [0.5, 0.6) is 5.75 Å². The lowest BCUT2D eigenvalue weighted by Gasteiger charge is -2.31. The molecule has 27 heavy (non-hydrogen) atoms. The molecule has 0 atom stereocenters. The number of aromatic nitrogens is 2. The molecule has 0 bridgehead atoms. The maximum Gasteiger partial charge on any atom is 0.263 e. The maximum atomic E-state index is 12.2. The molecule has 1 N–H and O–H groups in total. The van der Waals surface area contributed by atoms with Gasteiger partial charge in [0.15, 0.2) is 6.61 Å². The van der Waals surface area contributed by atoms with Crippen LogP contribution < -0.4 is 15.0 Å². The van der Waals surface area contributed by atoms with E-state index in [1.54, 1.807) is 0 Å². The van der Waals surface area contributed by atoms with E-state index in [-0.39, 0.29) is 12.5 Å². The van der Waals surface area contributed by atoms with Gasteiger partial charge in [0.2, 0.25) is 0 Å². The van der Waals surface area contributed by atoms with E-state index in [4.69, 9.17) is 16.3 Å². The molecule has 0 radical (unpaired) electrons. The molecule has 6 nitrogen and oxygen atoms in total. The standard InChI is InChI=1S/C20H25ClN4O2/c1-13-4-6-25(7-5-13)18-10-17(22-12-23-18)24-19(26)11-27-16-8-14(2)20(21)15(3)9-16/h8-10,12-13H,4-7,11H2,1-3H3,(H,22,23,24,26). The lowest BCUT2D eigenvalue weighted by atomic mass is 9.99. The molecule has 1 fully saturated rings. The van der Waals surface area contributed by atoms with Gasteiger partial charge in [0.1, 0.15) is 23.7 Å². The number of nitrogens with zero attached hydrogens (tertiary/aromatic N) is 3. The first-order valence-corrected chi connectivity index (χ1v) is 9.56. The summed E-state index contributed by atoms with van der Waals surface area (Å²) in [4.78, 5) is 22.9. The Labute approximate surface area is 164 Å². The molecule has 144 valence electrons. The van der Waals surface area contributed by atoms with Crippen molar-refractivity contribution in [3.05, 3.63) is 40.7 Å². The van der Waals surface area contributed by atoms with Crippen LogP contribution in [0.1, 0.15) is 30.9 Å². The van der Waals surface area contributed by atoms with Gasteiger partial charge in [-0.3, -0.25) is 4.79 Å². The minimum atomic E-state index is -0.267. The highest BCUT2D eigenvalue weighted by Gasteiger charge is 2.17. The minimum absolute atomic E-state index is 0.0962. The number of piperidine rings is 1. The summed E-state index contributed by atoms with van der Waals surface area (Å²) in [5, 5.41) is 3.49. The first kappa shape index (κ1) is 19.4. The Hall–Kier alpha value is -2.34. The van der Waals surface area contributed by atoms with E-state index in [9.17, 15) is 4.79 Å². The van der Waals surface area contributed by atoms with E-state index < -0.39 is 0 Å². The highest BCUT2D eigenvalue weighted by molar-refractivity contribution is 6.32. The third kappa shape index (κ3) is 5.10. The zero-order chi connectivity index (χ0) is 19.4. The third-order valence-corrected chi connectivity index (χ3v) is 5.40. The van der Waals surface area contributed by atoms with Crippen molar-refractivity contribution >= 4 is 29.1 Å². The summed E-state index contributed by atoms with van der Waals surface area (Å²) >= 11 is 6.15. The Kier molecular flexibility index (Phi) is 6.16. The first-order chi connectivity index (χ1) is 12.9. The van der Waals surface area contributed by atoms with Crippen molar-refractivity contribution in [3.8, 4) is 5.75 Å². The summed E-state index contributed by atoms with van der Waals surface area (Å²) in [5.74, 6) is 2.43. The monoisotopic (exact) mass is 388 g/mol. The first-order valence-electron chi connectivity index (χ1n) is 9.19. The largest absolute Gasteiger partial charge is 0.484 e. The average molecular weight is 389 g/mol. The molecule has 0 spiro atoms. The van der Waals surface area contributed by atoms with Crippen LogP contribution in [0.15, 0.2) is 24.5 Å². The number of amides is 1. The van der Waals surface area contributed by atoms with Gasteiger partial charge in [-0.2, -0.15) is 0 Å². The number of benzene rings is 1. The zero-order valence-corrected chi connectivity index (χ0v) is 16.7. The van der Waals surface area contributed by atoms with Gasteiger partial charge in [0, 0.05) is 24.2 Å². The Morgan fingerprint density at radius 3 is 2.56 bits per heavy atom. The van der Waals surface area contributed by atoms with Crippen molar-refractivity contribution in [1.29, 1.82) is 0 Å². The van der Waals surface area contributed by atoms with Crippen molar-refractivity contribution in [2.24, 2.45) is 5.92 Å². The fourth-order valence-electron chi connectivity index (χ4n) is 3.14. The number of anilines is 2. The molecule has 1 aliphatic heterocycles. The number of nitrogens with one attached hydrogen (secondary N) is 1. The number of halogens is 1. The molecule has 0 saturated carbocycles. The van der Waals surface area contributed by atoms with E-state index in [1.807, 2.05) is 32.0 Å². The van der Waals surface area contributed by atoms with Gasteiger partial charge < -0.3 is 15.0 Å². The zero-order valence-electron chi connectivity index (χ0n) is 16.0. The topological polar surface area (TPSA) is 67.3 Å². The molecule has 0 aliphatic carbocycles. The highest BCUT2D eigenvalue weighted by Crippen LogP contribution is 2.26. The van der Waals surface area contributed by atoms with Gasteiger partial charge in [0.05, 0.1) is 0 Å². The fourth-order valence-corrected chi connectivity index (χ4v) is 3.25. The quantitative estimate of drug-likeness (QED) is 0.838. The molecule has 1 aromatic heterocycles. The van der Waals surface area contributed by atoms with E-state index in [1.165, 1.54) is 6.33 Å². The fraction of sp³-hybridized carbons (Fsp3) is 0.450. The predicted octanol–water partition coefficient (Wildman–Crippen LogP) is 4.00. The van der Waals surface area contributed by atoms with Gasteiger partial charge >= 0.3 is 0 Å².